The minimum atomic E-state index is -0.0852. The first-order valence-electron chi connectivity index (χ1n) is 5.12. The minimum absolute atomic E-state index is 0.0852. The second kappa shape index (κ2) is 5.19. The van der Waals surface area contributed by atoms with Gasteiger partial charge in [0, 0.05) is 37.5 Å². The van der Waals surface area contributed by atoms with Crippen molar-refractivity contribution in [2.75, 3.05) is 13.2 Å². The van der Waals surface area contributed by atoms with Crippen molar-refractivity contribution >= 4 is 0 Å². The van der Waals surface area contributed by atoms with Crippen molar-refractivity contribution in [3.05, 3.63) is 23.8 Å². The van der Waals surface area contributed by atoms with Crippen LogP contribution in [0.15, 0.2) is 12.4 Å². The number of aliphatic hydroxyl groups excluding tert-OH is 1. The molecule has 0 unspecified atom stereocenters. The van der Waals surface area contributed by atoms with E-state index in [-0.39, 0.29) is 12.0 Å². The zero-order valence-electron chi connectivity index (χ0n) is 9.62. The number of hydrogen-bond acceptors (Lipinski definition) is 4. The molecule has 1 aromatic heterocycles. The van der Waals surface area contributed by atoms with Crippen LogP contribution in [0.4, 0.5) is 0 Å². The summed E-state index contributed by atoms with van der Waals surface area (Å²) in [5.41, 5.74) is 1.77. The van der Waals surface area contributed by atoms with Gasteiger partial charge in [0.25, 0.3) is 0 Å². The number of nitrogens with one attached hydrogen (secondary N) is 1. The third-order valence-electron chi connectivity index (χ3n) is 2.17. The van der Waals surface area contributed by atoms with Crippen LogP contribution in [0.3, 0.4) is 0 Å². The number of hydrogen-bond donors (Lipinski definition) is 2. The molecule has 0 amide bonds. The highest BCUT2D eigenvalue weighted by molar-refractivity contribution is 5.00. The highest BCUT2D eigenvalue weighted by atomic mass is 16.3. The Morgan fingerprint density at radius 1 is 1.33 bits per heavy atom. The van der Waals surface area contributed by atoms with Gasteiger partial charge in [-0.2, -0.15) is 0 Å². The Morgan fingerprint density at radius 3 is 2.60 bits per heavy atom. The topological polar surface area (TPSA) is 58.0 Å². The van der Waals surface area contributed by atoms with Crippen LogP contribution in [-0.2, 0) is 6.54 Å². The predicted octanol–water partition coefficient (Wildman–Crippen LogP) is 0.893. The summed E-state index contributed by atoms with van der Waals surface area (Å²) in [6, 6.07) is 0. The lowest BCUT2D eigenvalue weighted by molar-refractivity contribution is 0.156. The lowest BCUT2D eigenvalue weighted by Gasteiger charge is -2.21. The van der Waals surface area contributed by atoms with Crippen LogP contribution in [0.1, 0.15) is 25.2 Å². The number of aliphatic hydroxyl groups is 1. The summed E-state index contributed by atoms with van der Waals surface area (Å²) >= 11 is 0. The molecule has 0 radical (unpaired) electrons. The standard InChI is InChI=1S/C11H19N3O/c1-9-4-14-10(6-13-9)5-12-7-11(2,3)8-15/h4,6,12,15H,5,7-8H2,1-3H3. The van der Waals surface area contributed by atoms with Crippen molar-refractivity contribution in [2.24, 2.45) is 5.41 Å². The van der Waals surface area contributed by atoms with Crippen LogP contribution in [0.5, 0.6) is 0 Å². The molecule has 0 aliphatic rings. The van der Waals surface area contributed by atoms with E-state index in [1.54, 1.807) is 12.4 Å². The highest BCUT2D eigenvalue weighted by Gasteiger charge is 2.15. The zero-order valence-corrected chi connectivity index (χ0v) is 9.62. The van der Waals surface area contributed by atoms with Crippen LogP contribution >= 0.6 is 0 Å². The molecule has 0 atom stereocenters. The van der Waals surface area contributed by atoms with E-state index in [1.165, 1.54) is 0 Å². The van der Waals surface area contributed by atoms with Gasteiger partial charge in [-0.1, -0.05) is 13.8 Å². The van der Waals surface area contributed by atoms with Crippen molar-refractivity contribution in [3.8, 4) is 0 Å². The molecule has 1 rings (SSSR count). The molecule has 0 aliphatic heterocycles. The van der Waals surface area contributed by atoms with E-state index in [0.717, 1.165) is 17.9 Å². The first-order chi connectivity index (χ1) is 7.03. The van der Waals surface area contributed by atoms with Crippen LogP contribution in [0.2, 0.25) is 0 Å². The zero-order chi connectivity index (χ0) is 11.3. The maximum atomic E-state index is 9.06. The van der Waals surface area contributed by atoms with Crippen LogP contribution in [0, 0.1) is 12.3 Å². The number of rotatable bonds is 5. The molecular weight excluding hydrogens is 190 g/mol. The molecule has 2 N–H and O–H groups in total. The van der Waals surface area contributed by atoms with E-state index in [4.69, 9.17) is 5.11 Å². The van der Waals surface area contributed by atoms with Crippen molar-refractivity contribution < 1.29 is 5.11 Å². The van der Waals surface area contributed by atoms with Gasteiger partial charge in [-0.3, -0.25) is 9.97 Å². The molecule has 0 saturated heterocycles. The van der Waals surface area contributed by atoms with Gasteiger partial charge in [-0.25, -0.2) is 0 Å². The largest absolute Gasteiger partial charge is 0.396 e. The summed E-state index contributed by atoms with van der Waals surface area (Å²) < 4.78 is 0. The molecule has 4 nitrogen and oxygen atoms in total. The molecule has 15 heavy (non-hydrogen) atoms. The smallest absolute Gasteiger partial charge is 0.0724 e. The summed E-state index contributed by atoms with van der Waals surface area (Å²) in [5.74, 6) is 0. The van der Waals surface area contributed by atoms with Crippen molar-refractivity contribution in [2.45, 2.75) is 27.3 Å². The molecule has 0 saturated carbocycles. The van der Waals surface area contributed by atoms with E-state index >= 15 is 0 Å². The molecule has 84 valence electrons. The average Bonchev–Trinajstić information content (AvgIpc) is 2.21. The maximum Gasteiger partial charge on any atom is 0.0724 e. The molecule has 1 heterocycles. The fourth-order valence-corrected chi connectivity index (χ4v) is 1.10. The molecule has 0 fully saturated rings. The first-order valence-corrected chi connectivity index (χ1v) is 5.12. The minimum Gasteiger partial charge on any atom is -0.396 e. The normalized spacial score (nSPS) is 11.7. The second-order valence-corrected chi connectivity index (χ2v) is 4.57. The van der Waals surface area contributed by atoms with Crippen molar-refractivity contribution in [3.63, 3.8) is 0 Å². The van der Waals surface area contributed by atoms with Gasteiger partial charge in [0.05, 0.1) is 11.4 Å². The monoisotopic (exact) mass is 209 g/mol. The van der Waals surface area contributed by atoms with Gasteiger partial charge in [0.15, 0.2) is 0 Å². The Kier molecular flexibility index (Phi) is 4.17. The maximum absolute atomic E-state index is 9.06. The Hall–Kier alpha value is -1.00. The van der Waals surface area contributed by atoms with Gasteiger partial charge >= 0.3 is 0 Å². The van der Waals surface area contributed by atoms with Crippen LogP contribution in [0.25, 0.3) is 0 Å². The van der Waals surface area contributed by atoms with E-state index in [2.05, 4.69) is 15.3 Å². The highest BCUT2D eigenvalue weighted by Crippen LogP contribution is 2.11. The Bertz CT molecular complexity index is 295. The van der Waals surface area contributed by atoms with Gasteiger partial charge in [-0.15, -0.1) is 0 Å². The molecule has 0 aliphatic carbocycles. The Balaban J connectivity index is 2.35. The van der Waals surface area contributed by atoms with Crippen molar-refractivity contribution in [1.29, 1.82) is 0 Å². The number of nitrogens with zero attached hydrogens (tertiary/aromatic N) is 2. The molecule has 4 heteroatoms. The third-order valence-corrected chi connectivity index (χ3v) is 2.17. The Labute approximate surface area is 90.8 Å². The van der Waals surface area contributed by atoms with E-state index in [0.29, 0.717) is 6.54 Å². The summed E-state index contributed by atoms with van der Waals surface area (Å²) in [4.78, 5) is 8.40. The SMILES string of the molecule is Cc1cnc(CNCC(C)(C)CO)cn1. The lowest BCUT2D eigenvalue weighted by Crippen LogP contribution is -2.32. The van der Waals surface area contributed by atoms with Gasteiger partial charge in [0.2, 0.25) is 0 Å². The average molecular weight is 209 g/mol. The Morgan fingerprint density at radius 2 is 2.07 bits per heavy atom. The summed E-state index contributed by atoms with van der Waals surface area (Å²) in [7, 11) is 0. The van der Waals surface area contributed by atoms with Gasteiger partial charge < -0.3 is 10.4 Å². The van der Waals surface area contributed by atoms with E-state index < -0.39 is 0 Å². The molecular formula is C11H19N3O. The molecule has 0 aromatic carbocycles. The van der Waals surface area contributed by atoms with Crippen molar-refractivity contribution in [1.82, 2.24) is 15.3 Å². The first kappa shape index (κ1) is 12.1. The van der Waals surface area contributed by atoms with Gasteiger partial charge in [0.1, 0.15) is 0 Å². The van der Waals surface area contributed by atoms with E-state index in [1.807, 2.05) is 20.8 Å². The van der Waals surface area contributed by atoms with Crippen LogP contribution < -0.4 is 5.32 Å². The van der Waals surface area contributed by atoms with Crippen LogP contribution in [-0.4, -0.2) is 28.2 Å². The molecule has 0 bridgehead atoms. The summed E-state index contributed by atoms with van der Waals surface area (Å²) in [5, 5.41) is 12.3. The number of aryl methyl sites for hydroxylation is 1. The van der Waals surface area contributed by atoms with E-state index in [9.17, 15) is 0 Å². The second-order valence-electron chi connectivity index (χ2n) is 4.57. The fraction of sp³-hybridized carbons (Fsp3) is 0.636. The third kappa shape index (κ3) is 4.36. The van der Waals surface area contributed by atoms with Gasteiger partial charge in [-0.05, 0) is 6.92 Å². The summed E-state index contributed by atoms with van der Waals surface area (Å²) in [6.45, 7) is 7.58. The quantitative estimate of drug-likeness (QED) is 0.756. The summed E-state index contributed by atoms with van der Waals surface area (Å²) in [6.07, 6.45) is 3.53. The lowest BCUT2D eigenvalue weighted by atomic mass is 9.95. The predicted molar refractivity (Wildman–Crippen MR) is 59.3 cm³/mol. The number of aromatic nitrogens is 2. The molecule has 0 spiro atoms. The molecule has 1 aromatic rings. The fourth-order valence-electron chi connectivity index (χ4n) is 1.10.